The van der Waals surface area contributed by atoms with Gasteiger partial charge in [0.2, 0.25) is 5.91 Å². The van der Waals surface area contributed by atoms with Gasteiger partial charge >= 0.3 is 7.82 Å². The second kappa shape index (κ2) is 49.4. The zero-order valence-corrected chi connectivity index (χ0v) is 45.8. The van der Waals surface area contributed by atoms with E-state index < -0.39 is 20.0 Å². The summed E-state index contributed by atoms with van der Waals surface area (Å²) in [6, 6.07) is -0.864. The number of aliphatic hydroxyl groups is 1. The quantitative estimate of drug-likeness (QED) is 0.0243. The topological polar surface area (TPSA) is 105 Å². The average molecular weight is 965 g/mol. The summed E-state index contributed by atoms with van der Waals surface area (Å²) in [5.74, 6) is -0.186. The number of phosphoric acid groups is 1. The highest BCUT2D eigenvalue weighted by atomic mass is 31.2. The average Bonchev–Trinajstić information content (AvgIpc) is 3.29. The molecular weight excluding hydrogens is 852 g/mol. The van der Waals surface area contributed by atoms with Crippen LogP contribution in [0.15, 0.2) is 48.6 Å². The zero-order valence-electron chi connectivity index (χ0n) is 44.9. The van der Waals surface area contributed by atoms with Crippen molar-refractivity contribution in [3.8, 4) is 0 Å². The number of likely N-dealkylation sites (N-methyl/N-ethyl adjacent to an activating group) is 1. The molecule has 0 saturated carbocycles. The van der Waals surface area contributed by atoms with E-state index in [9.17, 15) is 19.4 Å². The number of carbonyl (C=O) groups is 1. The van der Waals surface area contributed by atoms with Crippen LogP contribution in [0.3, 0.4) is 0 Å². The van der Waals surface area contributed by atoms with Gasteiger partial charge in [-0.05, 0) is 57.8 Å². The molecule has 0 aromatic heterocycles. The summed E-state index contributed by atoms with van der Waals surface area (Å²) in [5.41, 5.74) is 0. The summed E-state index contributed by atoms with van der Waals surface area (Å²) in [6.07, 6.45) is 65.0. The number of hydrogen-bond acceptors (Lipinski definition) is 5. The summed E-state index contributed by atoms with van der Waals surface area (Å²) in [5, 5.41) is 13.9. The third kappa shape index (κ3) is 52.1. The van der Waals surface area contributed by atoms with Crippen LogP contribution >= 0.6 is 7.82 Å². The molecule has 0 aliphatic rings. The van der Waals surface area contributed by atoms with E-state index in [0.717, 1.165) is 51.4 Å². The SMILES string of the molecule is CC/C=C\C/C=C\CCCCCCCCCCCCCCCCC(=O)NC(COP(=O)(O)OCC[N+](C)(C)C)C(O)/C=C/CC/C=C/CCCCCCCCCCCCCCCCCCCC. The van der Waals surface area contributed by atoms with Crippen molar-refractivity contribution in [1.29, 1.82) is 0 Å². The molecule has 0 radical (unpaired) electrons. The number of nitrogens with zero attached hydrogens (tertiary/aromatic N) is 1. The van der Waals surface area contributed by atoms with Gasteiger partial charge in [-0.25, -0.2) is 4.57 Å². The third-order valence-corrected chi connectivity index (χ3v) is 13.8. The summed E-state index contributed by atoms with van der Waals surface area (Å²) in [4.78, 5) is 23.3. The van der Waals surface area contributed by atoms with E-state index in [1.807, 2.05) is 27.2 Å². The van der Waals surface area contributed by atoms with Crippen molar-refractivity contribution in [3.05, 3.63) is 48.6 Å². The Bertz CT molecular complexity index is 1230. The number of allylic oxidation sites excluding steroid dienone is 7. The van der Waals surface area contributed by atoms with Gasteiger partial charge in [0.1, 0.15) is 13.2 Å². The molecule has 394 valence electrons. The minimum absolute atomic E-state index is 0.0560. The van der Waals surface area contributed by atoms with E-state index in [1.54, 1.807) is 6.08 Å². The Balaban J connectivity index is 4.25. The first kappa shape index (κ1) is 65.5. The summed E-state index contributed by atoms with van der Waals surface area (Å²) < 4.78 is 23.7. The Hall–Kier alpha value is -1.54. The van der Waals surface area contributed by atoms with Crippen LogP contribution in [-0.4, -0.2) is 73.4 Å². The Labute approximate surface area is 416 Å². The molecule has 0 aromatic carbocycles. The number of aliphatic hydroxyl groups excluding tert-OH is 1. The molecule has 3 N–H and O–H groups in total. The number of unbranched alkanes of at least 4 members (excludes halogenated alkanes) is 33. The molecule has 9 heteroatoms. The smallest absolute Gasteiger partial charge is 0.387 e. The maximum Gasteiger partial charge on any atom is 0.472 e. The van der Waals surface area contributed by atoms with Crippen LogP contribution in [0.4, 0.5) is 0 Å². The Kier molecular flexibility index (Phi) is 48.3. The fourth-order valence-corrected chi connectivity index (χ4v) is 9.07. The fraction of sp³-hybridized carbons (Fsp3) is 0.845. The van der Waals surface area contributed by atoms with E-state index in [4.69, 9.17) is 9.05 Å². The Morgan fingerprint density at radius 3 is 1.36 bits per heavy atom. The molecule has 0 aliphatic carbocycles. The largest absolute Gasteiger partial charge is 0.472 e. The lowest BCUT2D eigenvalue weighted by Gasteiger charge is -2.25. The van der Waals surface area contributed by atoms with E-state index >= 15 is 0 Å². The third-order valence-electron chi connectivity index (χ3n) is 12.8. The maximum atomic E-state index is 13.0. The Morgan fingerprint density at radius 2 is 0.910 bits per heavy atom. The van der Waals surface area contributed by atoms with Gasteiger partial charge < -0.3 is 19.8 Å². The van der Waals surface area contributed by atoms with Gasteiger partial charge in [0.25, 0.3) is 0 Å². The molecule has 0 fully saturated rings. The van der Waals surface area contributed by atoms with Crippen LogP contribution in [-0.2, 0) is 18.4 Å². The first-order valence-electron chi connectivity index (χ1n) is 28.5. The molecule has 0 spiro atoms. The molecule has 0 aromatic rings. The lowest BCUT2D eigenvalue weighted by molar-refractivity contribution is -0.870. The number of amides is 1. The fourth-order valence-electron chi connectivity index (χ4n) is 8.33. The second-order valence-corrected chi connectivity index (χ2v) is 22.1. The van der Waals surface area contributed by atoms with Gasteiger partial charge in [0.05, 0.1) is 39.9 Å². The van der Waals surface area contributed by atoms with Crippen LogP contribution in [0.25, 0.3) is 0 Å². The first-order valence-corrected chi connectivity index (χ1v) is 30.0. The van der Waals surface area contributed by atoms with E-state index in [2.05, 4.69) is 55.6 Å². The number of nitrogens with one attached hydrogen (secondary N) is 1. The summed E-state index contributed by atoms with van der Waals surface area (Å²) in [7, 11) is 1.56. The van der Waals surface area contributed by atoms with Crippen LogP contribution in [0.5, 0.6) is 0 Å². The lowest BCUT2D eigenvalue weighted by atomic mass is 10.0. The van der Waals surface area contributed by atoms with Crippen molar-refractivity contribution in [2.75, 3.05) is 40.9 Å². The molecule has 3 unspecified atom stereocenters. The highest BCUT2D eigenvalue weighted by Gasteiger charge is 2.27. The maximum absolute atomic E-state index is 13.0. The summed E-state index contributed by atoms with van der Waals surface area (Å²) >= 11 is 0. The number of hydrogen-bond donors (Lipinski definition) is 3. The lowest BCUT2D eigenvalue weighted by Crippen LogP contribution is -2.45. The van der Waals surface area contributed by atoms with Gasteiger partial charge in [-0.3, -0.25) is 13.8 Å². The highest BCUT2D eigenvalue weighted by molar-refractivity contribution is 7.47. The molecule has 0 aliphatic heterocycles. The number of quaternary nitrogens is 1. The molecule has 8 nitrogen and oxygen atoms in total. The monoisotopic (exact) mass is 964 g/mol. The molecule has 0 saturated heterocycles. The normalized spacial score (nSPS) is 14.3. The van der Waals surface area contributed by atoms with E-state index in [1.165, 1.54) is 193 Å². The minimum Gasteiger partial charge on any atom is -0.387 e. The van der Waals surface area contributed by atoms with Crippen molar-refractivity contribution in [2.24, 2.45) is 0 Å². The van der Waals surface area contributed by atoms with Gasteiger partial charge in [-0.1, -0.05) is 249 Å². The molecule has 0 bridgehead atoms. The molecular formula is C58H112N2O6P+. The number of phosphoric ester groups is 1. The summed E-state index contributed by atoms with van der Waals surface area (Å²) in [6.45, 7) is 4.72. The molecule has 0 rings (SSSR count). The van der Waals surface area contributed by atoms with Gasteiger partial charge in [0.15, 0.2) is 0 Å². The van der Waals surface area contributed by atoms with Crippen LogP contribution in [0.2, 0.25) is 0 Å². The van der Waals surface area contributed by atoms with Gasteiger partial charge in [-0.15, -0.1) is 0 Å². The van der Waals surface area contributed by atoms with Crippen LogP contribution in [0, 0.1) is 0 Å². The predicted octanol–water partition coefficient (Wildman–Crippen LogP) is 17.2. The first-order chi connectivity index (χ1) is 32.5. The van der Waals surface area contributed by atoms with Crippen molar-refractivity contribution < 1.29 is 32.9 Å². The highest BCUT2D eigenvalue weighted by Crippen LogP contribution is 2.43. The van der Waals surface area contributed by atoms with Gasteiger partial charge in [0, 0.05) is 6.42 Å². The molecule has 67 heavy (non-hydrogen) atoms. The molecule has 3 atom stereocenters. The van der Waals surface area contributed by atoms with E-state index in [-0.39, 0.29) is 19.1 Å². The number of carbonyl (C=O) groups excluding carboxylic acids is 1. The van der Waals surface area contributed by atoms with Crippen LogP contribution < -0.4 is 5.32 Å². The predicted molar refractivity (Wildman–Crippen MR) is 291 cm³/mol. The number of rotatable bonds is 52. The van der Waals surface area contributed by atoms with Gasteiger partial charge in [-0.2, -0.15) is 0 Å². The van der Waals surface area contributed by atoms with Crippen molar-refractivity contribution in [3.63, 3.8) is 0 Å². The Morgan fingerprint density at radius 1 is 0.522 bits per heavy atom. The molecule has 1 amide bonds. The zero-order chi connectivity index (χ0) is 49.2. The van der Waals surface area contributed by atoms with Crippen molar-refractivity contribution in [1.82, 2.24) is 5.32 Å². The van der Waals surface area contributed by atoms with Crippen molar-refractivity contribution in [2.45, 2.75) is 276 Å². The van der Waals surface area contributed by atoms with Crippen molar-refractivity contribution >= 4 is 13.7 Å². The minimum atomic E-state index is -4.35. The molecule has 0 heterocycles. The van der Waals surface area contributed by atoms with Crippen LogP contribution in [0.1, 0.15) is 264 Å². The van der Waals surface area contributed by atoms with E-state index in [0.29, 0.717) is 17.4 Å². The standard InChI is InChI=1S/C58H111N2O6P/c1-6-8-10-12-14-16-18-20-22-24-26-28-29-30-32-33-35-37-39-41-43-45-47-49-51-57(61)56(55-66-67(63,64)65-54-53-60(3,4)5)59-58(62)52-50-48-46-44-42-40-38-36-34-31-27-25-23-21-19-17-15-13-11-9-7-2/h9,11,15,17,41,43,49,51,56-57,61H,6-8,10,12-14,16,18-40,42,44-48,50,52-55H2,1-5H3,(H-,59,62,63,64)/p+1/b11-9-,17-15-,43-41+,51-49+. The second-order valence-electron chi connectivity index (χ2n) is 20.6.